The molecule has 0 saturated carbocycles. The van der Waals surface area contributed by atoms with Gasteiger partial charge in [-0.2, -0.15) is 0 Å². The standard InChI is InChI=1S/C30H36N2O5/c1-20(29(35)24-8-5-4-6-9-24)32(3)18-27-17-28(23-14-12-22(19-33)13-15-23)37-30(36-27)25-10-7-11-26(16-25)31-21(2)34/h4-16,20,27-30,33,35H,17-19H2,1-3H3,(H,31,34). The van der Waals surface area contributed by atoms with Crippen molar-refractivity contribution in [1.82, 2.24) is 4.90 Å². The fourth-order valence-electron chi connectivity index (χ4n) is 4.66. The number of likely N-dealkylation sites (N-methyl/N-ethyl adjacent to an activating group) is 1. The van der Waals surface area contributed by atoms with Crippen molar-refractivity contribution in [2.24, 2.45) is 0 Å². The number of carbonyl (C=O) groups excluding carboxylic acids is 1. The Morgan fingerprint density at radius 3 is 2.43 bits per heavy atom. The minimum Gasteiger partial charge on any atom is -0.392 e. The van der Waals surface area contributed by atoms with Crippen molar-refractivity contribution < 1.29 is 24.5 Å². The minimum atomic E-state index is -0.627. The van der Waals surface area contributed by atoms with Gasteiger partial charge in [0.25, 0.3) is 0 Å². The average Bonchev–Trinajstić information content (AvgIpc) is 2.92. The summed E-state index contributed by atoms with van der Waals surface area (Å²) in [5.74, 6) is -0.144. The van der Waals surface area contributed by atoms with Crippen LogP contribution in [0, 0.1) is 0 Å². The fourth-order valence-corrected chi connectivity index (χ4v) is 4.66. The van der Waals surface area contributed by atoms with Crippen molar-refractivity contribution in [3.63, 3.8) is 0 Å². The third kappa shape index (κ3) is 7.03. The first-order chi connectivity index (χ1) is 17.8. The number of hydrogen-bond acceptors (Lipinski definition) is 6. The van der Waals surface area contributed by atoms with Gasteiger partial charge in [-0.1, -0.05) is 66.7 Å². The van der Waals surface area contributed by atoms with Crippen LogP contribution in [0.2, 0.25) is 0 Å². The molecule has 5 unspecified atom stereocenters. The number of aliphatic hydroxyl groups excluding tert-OH is 2. The maximum atomic E-state index is 11.6. The lowest BCUT2D eigenvalue weighted by molar-refractivity contribution is -0.253. The summed E-state index contributed by atoms with van der Waals surface area (Å²) in [5.41, 5.74) is 4.22. The molecule has 5 atom stereocenters. The van der Waals surface area contributed by atoms with E-state index in [9.17, 15) is 15.0 Å². The number of rotatable bonds is 9. The Balaban J connectivity index is 1.54. The number of ether oxygens (including phenoxy) is 2. The van der Waals surface area contributed by atoms with E-state index in [1.54, 1.807) is 0 Å². The van der Waals surface area contributed by atoms with E-state index in [1.165, 1.54) is 6.92 Å². The van der Waals surface area contributed by atoms with Gasteiger partial charge in [0.1, 0.15) is 0 Å². The van der Waals surface area contributed by atoms with Crippen LogP contribution in [-0.2, 0) is 20.9 Å². The molecule has 1 amide bonds. The molecule has 1 aliphatic heterocycles. The van der Waals surface area contributed by atoms with Crippen molar-refractivity contribution in [2.75, 3.05) is 18.9 Å². The predicted octanol–water partition coefficient (Wildman–Crippen LogP) is 4.74. The van der Waals surface area contributed by atoms with Crippen LogP contribution in [0.15, 0.2) is 78.9 Å². The molecule has 0 radical (unpaired) electrons. The summed E-state index contributed by atoms with van der Waals surface area (Å²) in [5, 5.41) is 23.2. The summed E-state index contributed by atoms with van der Waals surface area (Å²) < 4.78 is 12.9. The molecule has 0 aliphatic carbocycles. The highest BCUT2D eigenvalue weighted by Gasteiger charge is 2.34. The number of nitrogens with zero attached hydrogens (tertiary/aromatic N) is 1. The molecular formula is C30H36N2O5. The van der Waals surface area contributed by atoms with Crippen molar-refractivity contribution in [3.05, 3.63) is 101 Å². The van der Waals surface area contributed by atoms with Crippen LogP contribution in [0.3, 0.4) is 0 Å². The number of nitrogens with one attached hydrogen (secondary N) is 1. The maximum absolute atomic E-state index is 11.6. The summed E-state index contributed by atoms with van der Waals surface area (Å²) >= 11 is 0. The molecule has 7 nitrogen and oxygen atoms in total. The Hall–Kier alpha value is -3.07. The third-order valence-corrected chi connectivity index (χ3v) is 6.88. The lowest BCUT2D eigenvalue weighted by Gasteiger charge is -2.39. The van der Waals surface area contributed by atoms with E-state index in [0.717, 1.165) is 22.3 Å². The van der Waals surface area contributed by atoms with Gasteiger partial charge in [0, 0.05) is 37.2 Å². The van der Waals surface area contributed by atoms with Gasteiger partial charge < -0.3 is 25.0 Å². The molecule has 3 aromatic carbocycles. The van der Waals surface area contributed by atoms with E-state index >= 15 is 0 Å². The third-order valence-electron chi connectivity index (χ3n) is 6.88. The van der Waals surface area contributed by atoms with Crippen molar-refractivity contribution in [1.29, 1.82) is 0 Å². The van der Waals surface area contributed by atoms with Crippen LogP contribution in [0.4, 0.5) is 5.69 Å². The molecule has 3 aromatic rings. The first kappa shape index (κ1) is 27.0. The van der Waals surface area contributed by atoms with Gasteiger partial charge in [0.15, 0.2) is 6.29 Å². The average molecular weight is 505 g/mol. The van der Waals surface area contributed by atoms with Crippen LogP contribution < -0.4 is 5.32 Å². The number of hydrogen-bond donors (Lipinski definition) is 3. The summed E-state index contributed by atoms with van der Waals surface area (Å²) in [6.07, 6.45) is -1.00. The largest absolute Gasteiger partial charge is 0.392 e. The highest BCUT2D eigenvalue weighted by molar-refractivity contribution is 5.88. The van der Waals surface area contributed by atoms with Gasteiger partial charge in [0.05, 0.1) is 24.9 Å². The van der Waals surface area contributed by atoms with Gasteiger partial charge in [-0.15, -0.1) is 0 Å². The Morgan fingerprint density at radius 2 is 1.76 bits per heavy atom. The molecule has 1 heterocycles. The first-order valence-electron chi connectivity index (χ1n) is 12.7. The molecule has 7 heteroatoms. The molecule has 1 aliphatic rings. The number of anilines is 1. The van der Waals surface area contributed by atoms with Crippen LogP contribution >= 0.6 is 0 Å². The minimum absolute atomic E-state index is 0.0114. The second-order valence-electron chi connectivity index (χ2n) is 9.69. The lowest BCUT2D eigenvalue weighted by atomic mass is 9.98. The van der Waals surface area contributed by atoms with Gasteiger partial charge in [-0.05, 0) is 42.8 Å². The number of aliphatic hydroxyl groups is 2. The van der Waals surface area contributed by atoms with Gasteiger partial charge in [-0.25, -0.2) is 0 Å². The molecular weight excluding hydrogens is 468 g/mol. The zero-order valence-corrected chi connectivity index (χ0v) is 21.6. The number of amides is 1. The monoisotopic (exact) mass is 504 g/mol. The number of carbonyl (C=O) groups is 1. The van der Waals surface area contributed by atoms with Crippen LogP contribution in [0.5, 0.6) is 0 Å². The van der Waals surface area contributed by atoms with Crippen molar-refractivity contribution >= 4 is 11.6 Å². The van der Waals surface area contributed by atoms with Crippen LogP contribution in [-0.4, -0.2) is 46.8 Å². The summed E-state index contributed by atoms with van der Waals surface area (Å²) in [7, 11) is 1.99. The molecule has 1 saturated heterocycles. The van der Waals surface area contributed by atoms with E-state index in [-0.39, 0.29) is 30.8 Å². The molecule has 0 spiro atoms. The lowest BCUT2D eigenvalue weighted by Crippen LogP contribution is -2.43. The van der Waals surface area contributed by atoms with E-state index in [2.05, 4.69) is 10.2 Å². The first-order valence-corrected chi connectivity index (χ1v) is 12.7. The van der Waals surface area contributed by atoms with Gasteiger partial charge in [-0.3, -0.25) is 9.69 Å². The molecule has 0 aromatic heterocycles. The van der Waals surface area contributed by atoms with E-state index in [1.807, 2.05) is 92.8 Å². The van der Waals surface area contributed by atoms with Gasteiger partial charge in [0.2, 0.25) is 5.91 Å². The summed E-state index contributed by atoms with van der Waals surface area (Å²) in [4.78, 5) is 13.7. The molecule has 0 bridgehead atoms. The predicted molar refractivity (Wildman–Crippen MR) is 143 cm³/mol. The Morgan fingerprint density at radius 1 is 1.03 bits per heavy atom. The zero-order valence-electron chi connectivity index (χ0n) is 21.6. The SMILES string of the molecule is CC(=O)Nc1cccc(C2OC(CN(C)C(C)C(O)c3ccccc3)CC(c3ccc(CO)cc3)O2)c1. The molecule has 196 valence electrons. The normalized spacial score (nSPS) is 21.4. The summed E-state index contributed by atoms with van der Waals surface area (Å²) in [6.45, 7) is 4.07. The smallest absolute Gasteiger partial charge is 0.221 e. The highest BCUT2D eigenvalue weighted by atomic mass is 16.7. The fraction of sp³-hybridized carbons (Fsp3) is 0.367. The quantitative estimate of drug-likeness (QED) is 0.390. The maximum Gasteiger partial charge on any atom is 0.221 e. The molecule has 3 N–H and O–H groups in total. The molecule has 37 heavy (non-hydrogen) atoms. The molecule has 4 rings (SSSR count). The van der Waals surface area contributed by atoms with Crippen LogP contribution in [0.1, 0.15) is 61.0 Å². The van der Waals surface area contributed by atoms with Crippen LogP contribution in [0.25, 0.3) is 0 Å². The number of benzene rings is 3. The van der Waals surface area contributed by atoms with Gasteiger partial charge >= 0.3 is 0 Å². The second-order valence-corrected chi connectivity index (χ2v) is 9.69. The summed E-state index contributed by atoms with van der Waals surface area (Å²) in [6, 6.07) is 24.8. The van der Waals surface area contributed by atoms with E-state index in [0.29, 0.717) is 18.7 Å². The zero-order chi connectivity index (χ0) is 26.4. The van der Waals surface area contributed by atoms with Crippen molar-refractivity contribution in [3.8, 4) is 0 Å². The van der Waals surface area contributed by atoms with E-state index < -0.39 is 12.4 Å². The second kappa shape index (κ2) is 12.4. The topological polar surface area (TPSA) is 91.3 Å². The van der Waals surface area contributed by atoms with E-state index in [4.69, 9.17) is 9.47 Å². The Kier molecular flexibility index (Phi) is 9.08. The molecule has 1 fully saturated rings. The Labute approximate surface area is 218 Å². The van der Waals surface area contributed by atoms with Crippen molar-refractivity contribution in [2.45, 2.75) is 57.5 Å². The Bertz CT molecular complexity index is 1150. The highest BCUT2D eigenvalue weighted by Crippen LogP contribution is 2.39.